The summed E-state index contributed by atoms with van der Waals surface area (Å²) in [5.41, 5.74) is 0. The SMILES string of the molecule is CCC1C[C@H](C(=O)N2CC(=O)NC(=O)C2)[C@H](C(=O)O)C1. The third-order valence-corrected chi connectivity index (χ3v) is 4.13. The number of aliphatic carboxylic acids is 1. The standard InChI is InChI=1S/C13H18N2O5/c1-2-7-3-8(9(4-7)13(19)20)12(18)15-5-10(16)14-11(17)6-15/h7-9H,2-6H2,1H3,(H,19,20)(H,14,16,17)/t7?,8-,9+/m0/s1. The highest BCUT2D eigenvalue weighted by Gasteiger charge is 2.44. The molecule has 0 aromatic rings. The van der Waals surface area contributed by atoms with Crippen molar-refractivity contribution >= 4 is 23.7 Å². The monoisotopic (exact) mass is 282 g/mol. The van der Waals surface area contributed by atoms with E-state index >= 15 is 0 Å². The summed E-state index contributed by atoms with van der Waals surface area (Å²) in [6.07, 6.45) is 1.82. The first kappa shape index (κ1) is 14.5. The van der Waals surface area contributed by atoms with Crippen LogP contribution in [0.15, 0.2) is 0 Å². The number of hydrogen-bond acceptors (Lipinski definition) is 4. The van der Waals surface area contributed by atoms with Crippen LogP contribution in [-0.4, -0.2) is 46.8 Å². The Kier molecular flexibility index (Phi) is 4.06. The van der Waals surface area contributed by atoms with E-state index in [1.807, 2.05) is 6.92 Å². The molecule has 2 aliphatic rings. The quantitative estimate of drug-likeness (QED) is 0.686. The molecule has 2 N–H and O–H groups in total. The lowest BCUT2D eigenvalue weighted by Gasteiger charge is -2.29. The summed E-state index contributed by atoms with van der Waals surface area (Å²) in [7, 11) is 0. The van der Waals surface area contributed by atoms with E-state index < -0.39 is 35.5 Å². The van der Waals surface area contributed by atoms with Crippen LogP contribution >= 0.6 is 0 Å². The molecular formula is C13H18N2O5. The topological polar surface area (TPSA) is 104 Å². The summed E-state index contributed by atoms with van der Waals surface area (Å²) in [6, 6.07) is 0. The molecule has 20 heavy (non-hydrogen) atoms. The molecule has 1 saturated heterocycles. The number of imide groups is 1. The zero-order valence-electron chi connectivity index (χ0n) is 11.3. The van der Waals surface area contributed by atoms with Crippen LogP contribution in [-0.2, 0) is 19.2 Å². The third kappa shape index (κ3) is 2.81. The van der Waals surface area contributed by atoms with Crippen LogP contribution in [0.5, 0.6) is 0 Å². The maximum atomic E-state index is 12.4. The predicted octanol–water partition coefficient (Wildman–Crippen LogP) is -0.392. The molecule has 7 heteroatoms. The fraction of sp³-hybridized carbons (Fsp3) is 0.692. The molecule has 1 heterocycles. The molecule has 7 nitrogen and oxygen atoms in total. The molecule has 3 amide bonds. The highest BCUT2D eigenvalue weighted by atomic mass is 16.4. The van der Waals surface area contributed by atoms with Crippen LogP contribution in [0.25, 0.3) is 0 Å². The van der Waals surface area contributed by atoms with Crippen molar-refractivity contribution in [2.75, 3.05) is 13.1 Å². The molecule has 2 rings (SSSR count). The molecule has 1 saturated carbocycles. The van der Waals surface area contributed by atoms with E-state index in [1.54, 1.807) is 0 Å². The van der Waals surface area contributed by atoms with E-state index in [4.69, 9.17) is 0 Å². The largest absolute Gasteiger partial charge is 0.481 e. The summed E-state index contributed by atoms with van der Waals surface area (Å²) in [4.78, 5) is 47.4. The van der Waals surface area contributed by atoms with Gasteiger partial charge in [0.1, 0.15) is 13.1 Å². The molecule has 0 radical (unpaired) electrons. The Morgan fingerprint density at radius 1 is 1.20 bits per heavy atom. The molecule has 0 aromatic carbocycles. The number of carbonyl (C=O) groups excluding carboxylic acids is 3. The third-order valence-electron chi connectivity index (χ3n) is 4.13. The molecule has 3 atom stereocenters. The Labute approximate surface area is 116 Å². The maximum Gasteiger partial charge on any atom is 0.307 e. The second-order valence-corrected chi connectivity index (χ2v) is 5.46. The number of rotatable bonds is 3. The molecular weight excluding hydrogens is 264 g/mol. The summed E-state index contributed by atoms with van der Waals surface area (Å²) in [5.74, 6) is -3.55. The first-order chi connectivity index (χ1) is 9.42. The smallest absolute Gasteiger partial charge is 0.307 e. The van der Waals surface area contributed by atoms with Gasteiger partial charge in [-0.3, -0.25) is 24.5 Å². The van der Waals surface area contributed by atoms with Gasteiger partial charge in [0.25, 0.3) is 0 Å². The van der Waals surface area contributed by atoms with E-state index in [0.717, 1.165) is 6.42 Å². The van der Waals surface area contributed by atoms with Gasteiger partial charge in [-0.15, -0.1) is 0 Å². The van der Waals surface area contributed by atoms with Crippen LogP contribution in [0, 0.1) is 17.8 Å². The van der Waals surface area contributed by atoms with E-state index in [-0.39, 0.29) is 19.0 Å². The number of nitrogens with one attached hydrogen (secondary N) is 1. The minimum atomic E-state index is -0.980. The van der Waals surface area contributed by atoms with Gasteiger partial charge in [0.2, 0.25) is 17.7 Å². The second kappa shape index (κ2) is 5.60. The Bertz CT molecular complexity index is 446. The average molecular weight is 282 g/mol. The number of carbonyl (C=O) groups is 4. The molecule has 0 spiro atoms. The Balaban J connectivity index is 2.12. The highest BCUT2D eigenvalue weighted by Crippen LogP contribution is 2.39. The van der Waals surface area contributed by atoms with Crippen molar-refractivity contribution in [3.8, 4) is 0 Å². The Morgan fingerprint density at radius 2 is 1.75 bits per heavy atom. The molecule has 0 bridgehead atoms. The van der Waals surface area contributed by atoms with Crippen LogP contribution in [0.3, 0.4) is 0 Å². The number of amides is 3. The molecule has 110 valence electrons. The zero-order chi connectivity index (χ0) is 14.9. The molecule has 0 aromatic heterocycles. The van der Waals surface area contributed by atoms with Crippen molar-refractivity contribution in [3.05, 3.63) is 0 Å². The van der Waals surface area contributed by atoms with Gasteiger partial charge in [-0.1, -0.05) is 13.3 Å². The van der Waals surface area contributed by atoms with Crippen molar-refractivity contribution < 1.29 is 24.3 Å². The lowest BCUT2D eigenvalue weighted by atomic mass is 9.94. The van der Waals surface area contributed by atoms with E-state index in [0.29, 0.717) is 12.8 Å². The van der Waals surface area contributed by atoms with E-state index in [9.17, 15) is 24.3 Å². The maximum absolute atomic E-state index is 12.4. The second-order valence-electron chi connectivity index (χ2n) is 5.46. The van der Waals surface area contributed by atoms with Gasteiger partial charge in [-0.25, -0.2) is 0 Å². The highest BCUT2D eigenvalue weighted by molar-refractivity contribution is 6.03. The van der Waals surface area contributed by atoms with Crippen LogP contribution < -0.4 is 5.32 Å². The Morgan fingerprint density at radius 3 is 2.25 bits per heavy atom. The molecule has 1 aliphatic heterocycles. The number of piperazine rings is 1. The molecule has 2 fully saturated rings. The van der Waals surface area contributed by atoms with Crippen molar-refractivity contribution in [1.82, 2.24) is 10.2 Å². The minimum absolute atomic E-state index is 0.176. The van der Waals surface area contributed by atoms with Gasteiger partial charge in [-0.05, 0) is 18.8 Å². The lowest BCUT2D eigenvalue weighted by Crippen LogP contribution is -2.55. The van der Waals surface area contributed by atoms with Gasteiger partial charge >= 0.3 is 5.97 Å². The van der Waals surface area contributed by atoms with E-state index in [1.165, 1.54) is 4.90 Å². The first-order valence-electron chi connectivity index (χ1n) is 6.76. The van der Waals surface area contributed by atoms with Crippen molar-refractivity contribution in [2.45, 2.75) is 26.2 Å². The first-order valence-corrected chi connectivity index (χ1v) is 6.76. The number of hydrogen-bond donors (Lipinski definition) is 2. The van der Waals surface area contributed by atoms with Crippen molar-refractivity contribution in [1.29, 1.82) is 0 Å². The van der Waals surface area contributed by atoms with Crippen LogP contribution in [0.2, 0.25) is 0 Å². The van der Waals surface area contributed by atoms with Crippen molar-refractivity contribution in [3.63, 3.8) is 0 Å². The fourth-order valence-corrected chi connectivity index (χ4v) is 3.05. The number of nitrogens with zero attached hydrogens (tertiary/aromatic N) is 1. The summed E-state index contributed by atoms with van der Waals surface area (Å²) < 4.78 is 0. The molecule has 1 unspecified atom stereocenters. The summed E-state index contributed by atoms with van der Waals surface area (Å²) in [6.45, 7) is 1.61. The lowest BCUT2D eigenvalue weighted by molar-refractivity contribution is -0.152. The zero-order valence-corrected chi connectivity index (χ0v) is 11.3. The summed E-state index contributed by atoms with van der Waals surface area (Å²) in [5, 5.41) is 11.4. The van der Waals surface area contributed by atoms with Crippen molar-refractivity contribution in [2.24, 2.45) is 17.8 Å². The van der Waals surface area contributed by atoms with Gasteiger partial charge < -0.3 is 10.0 Å². The van der Waals surface area contributed by atoms with Crippen LogP contribution in [0.1, 0.15) is 26.2 Å². The number of carboxylic acid groups (broad SMARTS) is 1. The fourth-order valence-electron chi connectivity index (χ4n) is 3.05. The van der Waals surface area contributed by atoms with Gasteiger partial charge in [0.15, 0.2) is 0 Å². The predicted molar refractivity (Wildman–Crippen MR) is 67.4 cm³/mol. The number of carboxylic acids is 1. The van der Waals surface area contributed by atoms with Crippen LogP contribution in [0.4, 0.5) is 0 Å². The molecule has 1 aliphatic carbocycles. The normalized spacial score (nSPS) is 30.2. The van der Waals surface area contributed by atoms with E-state index in [2.05, 4.69) is 5.32 Å². The van der Waals surface area contributed by atoms with Gasteiger partial charge in [0.05, 0.1) is 11.8 Å². The minimum Gasteiger partial charge on any atom is -0.481 e. The Hall–Kier alpha value is -1.92. The van der Waals surface area contributed by atoms with Gasteiger partial charge in [0, 0.05) is 0 Å². The van der Waals surface area contributed by atoms with Gasteiger partial charge in [-0.2, -0.15) is 0 Å². The summed E-state index contributed by atoms with van der Waals surface area (Å²) >= 11 is 0. The average Bonchev–Trinajstić information content (AvgIpc) is 2.81.